The Kier molecular flexibility index (Phi) is 6.47. The molecule has 1 unspecified atom stereocenters. The van der Waals surface area contributed by atoms with Gasteiger partial charge in [0.25, 0.3) is 0 Å². The fourth-order valence-electron chi connectivity index (χ4n) is 0.917. The first-order chi connectivity index (χ1) is 6.60. The van der Waals surface area contributed by atoms with Crippen molar-refractivity contribution in [3.8, 4) is 0 Å². The molecule has 1 atom stereocenters. The molecule has 6 heteroatoms. The van der Waals surface area contributed by atoms with Crippen molar-refractivity contribution in [1.82, 2.24) is 5.32 Å². The molecule has 0 bridgehead atoms. The molecule has 4 N–H and O–H groups in total. The number of carbonyl (C=O) groups excluding carboxylic acids is 1. The molecule has 0 aliphatic rings. The van der Waals surface area contributed by atoms with Crippen LogP contribution in [0.2, 0.25) is 0 Å². The lowest BCUT2D eigenvalue weighted by molar-refractivity contribution is -0.126. The molecule has 0 heterocycles. The lowest BCUT2D eigenvalue weighted by Gasteiger charge is -2.12. The molecule has 0 saturated carbocycles. The maximum Gasteiger partial charge on any atom is 0.246 e. The number of nitrogens with one attached hydrogen (secondary N) is 1. The molecule has 6 nitrogen and oxygen atoms in total. The summed E-state index contributed by atoms with van der Waals surface area (Å²) in [4.78, 5) is 11.1. The maximum atomic E-state index is 11.1. The van der Waals surface area contributed by atoms with Gasteiger partial charge in [-0.05, 0) is 13.8 Å². The lowest BCUT2D eigenvalue weighted by atomic mass is 10.2. The van der Waals surface area contributed by atoms with Gasteiger partial charge in [-0.3, -0.25) is 4.79 Å². The first-order valence-electron chi connectivity index (χ1n) is 4.43. The predicted molar refractivity (Wildman–Crippen MR) is 52.1 cm³/mol. The molecule has 0 radical (unpaired) electrons. The number of nitrogens with zero attached hydrogens (tertiary/aromatic N) is 1. The number of hydrogen-bond acceptors (Lipinski definition) is 4. The zero-order chi connectivity index (χ0) is 11.0. The van der Waals surface area contributed by atoms with Gasteiger partial charge < -0.3 is 21.0 Å². The normalized spacial score (nSPS) is 13.7. The van der Waals surface area contributed by atoms with Gasteiger partial charge in [0.2, 0.25) is 5.91 Å². The van der Waals surface area contributed by atoms with Gasteiger partial charge >= 0.3 is 0 Å². The summed E-state index contributed by atoms with van der Waals surface area (Å²) in [6.07, 6.45) is 0.314. The SMILES string of the molecule is CCOCC(=O)NC(C)CC(N)=NO. The van der Waals surface area contributed by atoms with Gasteiger partial charge in [0, 0.05) is 19.1 Å². The van der Waals surface area contributed by atoms with E-state index in [1.54, 1.807) is 6.92 Å². The maximum absolute atomic E-state index is 11.1. The number of rotatable bonds is 6. The average Bonchev–Trinajstić information content (AvgIpc) is 2.14. The van der Waals surface area contributed by atoms with E-state index in [1.807, 2.05) is 6.92 Å². The Morgan fingerprint density at radius 1 is 1.71 bits per heavy atom. The zero-order valence-electron chi connectivity index (χ0n) is 8.49. The minimum Gasteiger partial charge on any atom is -0.409 e. The molecule has 82 valence electrons. The van der Waals surface area contributed by atoms with Gasteiger partial charge in [-0.15, -0.1) is 0 Å². The minimum atomic E-state index is -0.204. The molecular weight excluding hydrogens is 186 g/mol. The van der Waals surface area contributed by atoms with Crippen LogP contribution in [0.15, 0.2) is 5.16 Å². The van der Waals surface area contributed by atoms with Crippen LogP contribution in [-0.2, 0) is 9.53 Å². The summed E-state index contributed by atoms with van der Waals surface area (Å²) in [5.74, 6) is -0.112. The molecule has 1 amide bonds. The summed E-state index contributed by atoms with van der Waals surface area (Å²) >= 11 is 0. The molecule has 0 aromatic carbocycles. The zero-order valence-corrected chi connectivity index (χ0v) is 8.49. The molecule has 14 heavy (non-hydrogen) atoms. The van der Waals surface area contributed by atoms with Crippen LogP contribution in [0.5, 0.6) is 0 Å². The fourth-order valence-corrected chi connectivity index (χ4v) is 0.917. The third kappa shape index (κ3) is 6.24. The summed E-state index contributed by atoms with van der Waals surface area (Å²) in [6.45, 7) is 4.12. The van der Waals surface area contributed by atoms with Crippen molar-refractivity contribution in [1.29, 1.82) is 0 Å². The van der Waals surface area contributed by atoms with Crippen LogP contribution in [0.1, 0.15) is 20.3 Å². The third-order valence-electron chi connectivity index (χ3n) is 1.49. The largest absolute Gasteiger partial charge is 0.409 e. The molecule has 0 aliphatic heterocycles. The summed E-state index contributed by atoms with van der Waals surface area (Å²) in [7, 11) is 0. The third-order valence-corrected chi connectivity index (χ3v) is 1.49. The van der Waals surface area contributed by atoms with Gasteiger partial charge in [-0.2, -0.15) is 0 Å². The van der Waals surface area contributed by atoms with Crippen molar-refractivity contribution in [3.05, 3.63) is 0 Å². The minimum absolute atomic E-state index is 0.0387. The van der Waals surface area contributed by atoms with E-state index in [0.29, 0.717) is 13.0 Å². The molecule has 0 aromatic heterocycles. The van der Waals surface area contributed by atoms with Crippen molar-refractivity contribution in [2.45, 2.75) is 26.3 Å². The van der Waals surface area contributed by atoms with E-state index in [0.717, 1.165) is 0 Å². The van der Waals surface area contributed by atoms with E-state index >= 15 is 0 Å². The van der Waals surface area contributed by atoms with E-state index < -0.39 is 0 Å². The highest BCUT2D eigenvalue weighted by atomic mass is 16.5. The highest BCUT2D eigenvalue weighted by molar-refractivity contribution is 5.82. The molecule has 0 aliphatic carbocycles. The smallest absolute Gasteiger partial charge is 0.246 e. The summed E-state index contributed by atoms with van der Waals surface area (Å²) in [5.41, 5.74) is 5.27. The van der Waals surface area contributed by atoms with Crippen molar-refractivity contribution >= 4 is 11.7 Å². The number of oxime groups is 1. The quantitative estimate of drug-likeness (QED) is 0.238. The number of nitrogens with two attached hydrogens (primary N) is 1. The standard InChI is InChI=1S/C8H17N3O3/c1-3-14-5-8(12)10-6(2)4-7(9)11-13/h6,13H,3-5H2,1-2H3,(H2,9,11)(H,10,12). The summed E-state index contributed by atoms with van der Waals surface area (Å²) < 4.78 is 4.90. The van der Waals surface area contributed by atoms with E-state index in [9.17, 15) is 4.79 Å². The van der Waals surface area contributed by atoms with Crippen LogP contribution in [0.4, 0.5) is 0 Å². The summed E-state index contributed by atoms with van der Waals surface area (Å²) in [5, 5.41) is 13.7. The van der Waals surface area contributed by atoms with Crippen LogP contribution < -0.4 is 11.1 Å². The monoisotopic (exact) mass is 203 g/mol. The second-order valence-electron chi connectivity index (χ2n) is 2.90. The van der Waals surface area contributed by atoms with Gasteiger partial charge in [0.15, 0.2) is 0 Å². The van der Waals surface area contributed by atoms with Gasteiger partial charge in [0.05, 0.1) is 0 Å². The van der Waals surface area contributed by atoms with Crippen molar-refractivity contribution in [2.24, 2.45) is 10.9 Å². The first-order valence-corrected chi connectivity index (χ1v) is 4.43. The molecule has 0 fully saturated rings. The van der Waals surface area contributed by atoms with Crippen molar-refractivity contribution in [2.75, 3.05) is 13.2 Å². The number of amides is 1. The number of hydrogen-bond donors (Lipinski definition) is 3. The van der Waals surface area contributed by atoms with Crippen LogP contribution >= 0.6 is 0 Å². The Balaban J connectivity index is 3.71. The Bertz CT molecular complexity index is 206. The fraction of sp³-hybridized carbons (Fsp3) is 0.750. The van der Waals surface area contributed by atoms with Gasteiger partial charge in [-0.25, -0.2) is 0 Å². The second kappa shape index (κ2) is 7.14. The van der Waals surface area contributed by atoms with Crippen LogP contribution in [0.25, 0.3) is 0 Å². The van der Waals surface area contributed by atoms with Crippen LogP contribution in [-0.4, -0.2) is 36.2 Å². The molecule has 0 aromatic rings. The Labute approximate surface area is 83.1 Å². The molecule has 0 saturated heterocycles. The van der Waals surface area contributed by atoms with Crippen LogP contribution in [0, 0.1) is 0 Å². The highest BCUT2D eigenvalue weighted by Crippen LogP contribution is 1.90. The average molecular weight is 203 g/mol. The van der Waals surface area contributed by atoms with E-state index in [4.69, 9.17) is 15.7 Å². The lowest BCUT2D eigenvalue weighted by Crippen LogP contribution is -2.37. The van der Waals surface area contributed by atoms with Crippen molar-refractivity contribution < 1.29 is 14.7 Å². The highest BCUT2D eigenvalue weighted by Gasteiger charge is 2.08. The van der Waals surface area contributed by atoms with E-state index in [1.165, 1.54) is 0 Å². The van der Waals surface area contributed by atoms with Crippen LogP contribution in [0.3, 0.4) is 0 Å². The Morgan fingerprint density at radius 3 is 2.86 bits per heavy atom. The molecule has 0 spiro atoms. The number of amidine groups is 1. The predicted octanol–water partition coefficient (Wildman–Crippen LogP) is -0.336. The van der Waals surface area contributed by atoms with Crippen molar-refractivity contribution in [3.63, 3.8) is 0 Å². The number of carbonyl (C=O) groups is 1. The molecule has 0 rings (SSSR count). The van der Waals surface area contributed by atoms with E-state index in [2.05, 4.69) is 10.5 Å². The summed E-state index contributed by atoms with van der Waals surface area (Å²) in [6, 6.07) is -0.168. The number of ether oxygens (including phenoxy) is 1. The molecular formula is C8H17N3O3. The topological polar surface area (TPSA) is 96.9 Å². The first kappa shape index (κ1) is 12.7. The second-order valence-corrected chi connectivity index (χ2v) is 2.90. The Morgan fingerprint density at radius 2 is 2.36 bits per heavy atom. The Hall–Kier alpha value is -1.30. The van der Waals surface area contributed by atoms with Gasteiger partial charge in [-0.1, -0.05) is 5.16 Å². The van der Waals surface area contributed by atoms with E-state index in [-0.39, 0.29) is 24.4 Å². The van der Waals surface area contributed by atoms with Gasteiger partial charge in [0.1, 0.15) is 12.4 Å².